The molecule has 3 heteroatoms. The van der Waals surface area contributed by atoms with Crippen LogP contribution < -0.4 is 0 Å². The molecule has 21 heavy (non-hydrogen) atoms. The van der Waals surface area contributed by atoms with Crippen molar-refractivity contribution < 1.29 is 4.79 Å². The Balaban J connectivity index is 2.78. The van der Waals surface area contributed by atoms with Crippen LogP contribution in [0.2, 0.25) is 0 Å². The van der Waals surface area contributed by atoms with Crippen LogP contribution in [-0.4, -0.2) is 28.6 Å². The standard InChI is InChI=1S/C18H29NOS/c1-5-16(6-2)19(13-14(3)4)18(20)17(21)12-15-10-8-7-9-11-15/h7-11,14,16-17,21H,5-6,12-13H2,1-4H3. The lowest BCUT2D eigenvalue weighted by Crippen LogP contribution is -2.46. The van der Waals surface area contributed by atoms with Crippen molar-refractivity contribution in [3.63, 3.8) is 0 Å². The Morgan fingerprint density at radius 2 is 1.71 bits per heavy atom. The van der Waals surface area contributed by atoms with E-state index in [9.17, 15) is 4.79 Å². The summed E-state index contributed by atoms with van der Waals surface area (Å²) in [6, 6.07) is 10.4. The first-order valence-corrected chi connectivity index (χ1v) is 8.53. The lowest BCUT2D eigenvalue weighted by molar-refractivity contribution is -0.133. The Kier molecular flexibility index (Phi) is 7.87. The highest BCUT2D eigenvalue weighted by atomic mass is 32.1. The third-order valence-electron chi connectivity index (χ3n) is 3.79. The molecule has 0 spiro atoms. The number of benzene rings is 1. The molecule has 0 fully saturated rings. The molecule has 1 amide bonds. The van der Waals surface area contributed by atoms with Crippen molar-refractivity contribution in [2.45, 2.75) is 58.2 Å². The van der Waals surface area contributed by atoms with Gasteiger partial charge >= 0.3 is 0 Å². The van der Waals surface area contributed by atoms with E-state index in [1.54, 1.807) is 0 Å². The Hall–Kier alpha value is -0.960. The van der Waals surface area contributed by atoms with E-state index >= 15 is 0 Å². The maximum absolute atomic E-state index is 12.8. The lowest BCUT2D eigenvalue weighted by atomic mass is 10.0. The van der Waals surface area contributed by atoms with Crippen LogP contribution in [0, 0.1) is 5.92 Å². The van der Waals surface area contributed by atoms with Crippen LogP contribution in [0.1, 0.15) is 46.1 Å². The fourth-order valence-electron chi connectivity index (χ4n) is 2.66. The fourth-order valence-corrected chi connectivity index (χ4v) is 3.02. The lowest BCUT2D eigenvalue weighted by Gasteiger charge is -2.34. The molecule has 0 bridgehead atoms. The molecule has 0 aromatic heterocycles. The van der Waals surface area contributed by atoms with E-state index in [4.69, 9.17) is 0 Å². The van der Waals surface area contributed by atoms with Crippen LogP contribution in [-0.2, 0) is 11.2 Å². The molecule has 0 saturated heterocycles. The SMILES string of the molecule is CCC(CC)N(CC(C)C)C(=O)C(S)Cc1ccccc1. The van der Waals surface area contributed by atoms with Crippen molar-refractivity contribution in [2.75, 3.05) is 6.54 Å². The average Bonchev–Trinajstić information content (AvgIpc) is 2.47. The van der Waals surface area contributed by atoms with Gasteiger partial charge in [0.25, 0.3) is 0 Å². The minimum absolute atomic E-state index is 0.171. The zero-order valence-corrected chi connectivity index (χ0v) is 14.6. The first-order valence-electron chi connectivity index (χ1n) is 8.02. The van der Waals surface area contributed by atoms with E-state index in [1.807, 2.05) is 23.1 Å². The van der Waals surface area contributed by atoms with Gasteiger partial charge in [-0.1, -0.05) is 58.0 Å². The summed E-state index contributed by atoms with van der Waals surface area (Å²) in [7, 11) is 0. The molecule has 0 N–H and O–H groups in total. The second-order valence-corrected chi connectivity index (χ2v) is 6.68. The minimum atomic E-state index is -0.258. The highest BCUT2D eigenvalue weighted by Crippen LogP contribution is 2.17. The molecule has 0 heterocycles. The predicted octanol–water partition coefficient (Wildman–Crippen LogP) is 4.20. The third-order valence-corrected chi connectivity index (χ3v) is 4.19. The quantitative estimate of drug-likeness (QED) is 0.714. The van der Waals surface area contributed by atoms with Gasteiger partial charge in [-0.05, 0) is 30.7 Å². The molecule has 1 aromatic carbocycles. The zero-order chi connectivity index (χ0) is 15.8. The van der Waals surface area contributed by atoms with Gasteiger partial charge in [-0.3, -0.25) is 4.79 Å². The summed E-state index contributed by atoms with van der Waals surface area (Å²) in [5, 5.41) is -0.258. The van der Waals surface area contributed by atoms with Crippen LogP contribution in [0.25, 0.3) is 0 Å². The van der Waals surface area contributed by atoms with Gasteiger partial charge in [0.15, 0.2) is 0 Å². The molecule has 0 aliphatic carbocycles. The number of carbonyl (C=O) groups excluding carboxylic acids is 1. The van der Waals surface area contributed by atoms with Crippen LogP contribution in [0.3, 0.4) is 0 Å². The minimum Gasteiger partial charge on any atom is -0.339 e. The third kappa shape index (κ3) is 5.74. The normalized spacial score (nSPS) is 12.7. The second kappa shape index (κ2) is 9.14. The van der Waals surface area contributed by atoms with Crippen molar-refractivity contribution in [3.05, 3.63) is 35.9 Å². The van der Waals surface area contributed by atoms with Gasteiger partial charge in [-0.15, -0.1) is 0 Å². The topological polar surface area (TPSA) is 20.3 Å². The van der Waals surface area contributed by atoms with Crippen molar-refractivity contribution in [3.8, 4) is 0 Å². The molecular formula is C18H29NOS. The smallest absolute Gasteiger partial charge is 0.236 e. The number of carbonyl (C=O) groups is 1. The molecule has 1 aromatic rings. The molecule has 118 valence electrons. The van der Waals surface area contributed by atoms with Gasteiger partial charge in [-0.25, -0.2) is 0 Å². The zero-order valence-electron chi connectivity index (χ0n) is 13.7. The average molecular weight is 308 g/mol. The van der Waals surface area contributed by atoms with E-state index in [2.05, 4.69) is 52.5 Å². The molecular weight excluding hydrogens is 278 g/mol. The van der Waals surface area contributed by atoms with E-state index in [0.29, 0.717) is 18.4 Å². The Bertz CT molecular complexity index is 414. The summed E-state index contributed by atoms with van der Waals surface area (Å²) < 4.78 is 0. The highest BCUT2D eigenvalue weighted by molar-refractivity contribution is 7.81. The van der Waals surface area contributed by atoms with E-state index < -0.39 is 0 Å². The van der Waals surface area contributed by atoms with Gasteiger partial charge in [0.05, 0.1) is 5.25 Å². The van der Waals surface area contributed by atoms with Crippen LogP contribution in [0.5, 0.6) is 0 Å². The summed E-state index contributed by atoms with van der Waals surface area (Å²) in [6.45, 7) is 9.44. The summed E-state index contributed by atoms with van der Waals surface area (Å²) in [6.07, 6.45) is 2.69. The molecule has 0 aliphatic heterocycles. The maximum atomic E-state index is 12.8. The number of rotatable bonds is 8. The Morgan fingerprint density at radius 3 is 2.19 bits per heavy atom. The predicted molar refractivity (Wildman–Crippen MR) is 93.8 cm³/mol. The molecule has 1 atom stereocenters. The van der Waals surface area contributed by atoms with E-state index in [0.717, 1.165) is 19.4 Å². The maximum Gasteiger partial charge on any atom is 0.236 e. The van der Waals surface area contributed by atoms with Crippen molar-refractivity contribution in [2.24, 2.45) is 5.92 Å². The largest absolute Gasteiger partial charge is 0.339 e. The van der Waals surface area contributed by atoms with Crippen LogP contribution in [0.4, 0.5) is 0 Å². The van der Waals surface area contributed by atoms with Gasteiger partial charge in [0, 0.05) is 12.6 Å². The summed E-state index contributed by atoms with van der Waals surface area (Å²) in [5.74, 6) is 0.649. The van der Waals surface area contributed by atoms with Gasteiger partial charge in [0.1, 0.15) is 0 Å². The summed E-state index contributed by atoms with van der Waals surface area (Å²) in [5.41, 5.74) is 1.17. The summed E-state index contributed by atoms with van der Waals surface area (Å²) in [4.78, 5) is 14.8. The number of amides is 1. The Morgan fingerprint density at radius 1 is 1.14 bits per heavy atom. The van der Waals surface area contributed by atoms with Crippen LogP contribution >= 0.6 is 12.6 Å². The molecule has 0 radical (unpaired) electrons. The summed E-state index contributed by atoms with van der Waals surface area (Å²) >= 11 is 4.58. The number of thiol groups is 1. The molecule has 1 unspecified atom stereocenters. The molecule has 1 rings (SSSR count). The van der Waals surface area contributed by atoms with Crippen LogP contribution in [0.15, 0.2) is 30.3 Å². The number of nitrogens with zero attached hydrogens (tertiary/aromatic N) is 1. The second-order valence-electron chi connectivity index (χ2n) is 6.06. The van der Waals surface area contributed by atoms with Gasteiger partial charge in [0.2, 0.25) is 5.91 Å². The van der Waals surface area contributed by atoms with Crippen molar-refractivity contribution >= 4 is 18.5 Å². The molecule has 0 aliphatic rings. The highest BCUT2D eigenvalue weighted by Gasteiger charge is 2.26. The number of hydrogen-bond acceptors (Lipinski definition) is 2. The van der Waals surface area contributed by atoms with Gasteiger partial charge < -0.3 is 4.90 Å². The monoisotopic (exact) mass is 307 g/mol. The van der Waals surface area contributed by atoms with Crippen molar-refractivity contribution in [1.29, 1.82) is 0 Å². The van der Waals surface area contributed by atoms with E-state index in [1.165, 1.54) is 5.56 Å². The number of hydrogen-bond donors (Lipinski definition) is 1. The Labute approximate surface area is 135 Å². The first kappa shape index (κ1) is 18.1. The molecule has 2 nitrogen and oxygen atoms in total. The first-order chi connectivity index (χ1) is 9.99. The van der Waals surface area contributed by atoms with Gasteiger partial charge in [-0.2, -0.15) is 12.6 Å². The van der Waals surface area contributed by atoms with E-state index in [-0.39, 0.29) is 11.2 Å². The van der Waals surface area contributed by atoms with Crippen molar-refractivity contribution in [1.82, 2.24) is 4.90 Å². The molecule has 0 saturated carbocycles. The fraction of sp³-hybridized carbons (Fsp3) is 0.611.